The predicted molar refractivity (Wildman–Crippen MR) is 54.9 cm³/mol. The molecule has 0 spiro atoms. The summed E-state index contributed by atoms with van der Waals surface area (Å²) in [7, 11) is 1.69. The molecule has 2 N–H and O–H groups in total. The summed E-state index contributed by atoms with van der Waals surface area (Å²) >= 11 is 4.91. The van der Waals surface area contributed by atoms with Crippen LogP contribution in [0.15, 0.2) is 0 Å². The van der Waals surface area contributed by atoms with E-state index in [2.05, 4.69) is 17.8 Å². The minimum atomic E-state index is -0.165. The van der Waals surface area contributed by atoms with Crippen LogP contribution in [-0.4, -0.2) is 29.0 Å². The summed E-state index contributed by atoms with van der Waals surface area (Å²) in [6.07, 6.45) is 0.964. The fourth-order valence-corrected chi connectivity index (χ4v) is 1.36. The quantitative estimate of drug-likeness (QED) is 0.629. The molecular weight excluding hydrogens is 186 g/mol. The number of nitrogens with zero attached hydrogens (tertiary/aromatic N) is 1. The van der Waals surface area contributed by atoms with E-state index >= 15 is 0 Å². The van der Waals surface area contributed by atoms with Crippen LogP contribution < -0.4 is 10.9 Å². The number of carbonyl (C=O) groups excluding carboxylic acids is 1. The minimum absolute atomic E-state index is 0.0399. The molecule has 5 heteroatoms. The number of hydrazine groups is 1. The van der Waals surface area contributed by atoms with Crippen LogP contribution in [0.5, 0.6) is 0 Å². The average molecular weight is 201 g/mol. The summed E-state index contributed by atoms with van der Waals surface area (Å²) in [6, 6.07) is -0.165. The van der Waals surface area contributed by atoms with Crippen molar-refractivity contribution in [2.24, 2.45) is 5.92 Å². The van der Waals surface area contributed by atoms with Gasteiger partial charge in [0.15, 0.2) is 5.11 Å². The van der Waals surface area contributed by atoms with Crippen LogP contribution in [0, 0.1) is 5.92 Å². The number of nitrogens with one attached hydrogen (secondary N) is 2. The summed E-state index contributed by atoms with van der Waals surface area (Å²) in [5.74, 6) is 0.351. The van der Waals surface area contributed by atoms with Crippen LogP contribution in [0.4, 0.5) is 0 Å². The average Bonchev–Trinajstić information content (AvgIpc) is 2.13. The van der Waals surface area contributed by atoms with Crippen LogP contribution >= 0.6 is 12.2 Å². The van der Waals surface area contributed by atoms with Crippen molar-refractivity contribution in [1.29, 1.82) is 0 Å². The third kappa shape index (κ3) is 1.97. The Morgan fingerprint density at radius 3 is 2.85 bits per heavy atom. The predicted octanol–water partition coefficient (Wildman–Crippen LogP) is 0.252. The highest BCUT2D eigenvalue weighted by Gasteiger charge is 2.32. The van der Waals surface area contributed by atoms with Crippen LogP contribution in [-0.2, 0) is 4.79 Å². The van der Waals surface area contributed by atoms with Crippen molar-refractivity contribution in [3.8, 4) is 0 Å². The third-order valence-corrected chi connectivity index (χ3v) is 2.82. The standard InChI is InChI=1S/C8H15N3OS/c1-4-5(2)6-7(12)11(3)8(13)10-9-6/h5-6,9H,4H2,1-3H3,(H,10,13). The molecule has 1 saturated heterocycles. The molecule has 1 fully saturated rings. The molecule has 1 heterocycles. The number of likely N-dealkylation sites (N-methyl/N-ethyl adjacent to an activating group) is 1. The Kier molecular flexibility index (Phi) is 3.22. The summed E-state index contributed by atoms with van der Waals surface area (Å²) in [5, 5.41) is 0.435. The number of thiocarbonyl (C=S) groups is 1. The van der Waals surface area contributed by atoms with Gasteiger partial charge in [-0.2, -0.15) is 0 Å². The Balaban J connectivity index is 2.69. The molecule has 0 aromatic heterocycles. The molecule has 4 nitrogen and oxygen atoms in total. The van der Waals surface area contributed by atoms with Gasteiger partial charge in [-0.15, -0.1) is 0 Å². The van der Waals surface area contributed by atoms with Gasteiger partial charge >= 0.3 is 0 Å². The summed E-state index contributed by atoms with van der Waals surface area (Å²) in [4.78, 5) is 13.1. The highest BCUT2D eigenvalue weighted by molar-refractivity contribution is 7.80. The van der Waals surface area contributed by atoms with Crippen LogP contribution in [0.25, 0.3) is 0 Å². The van der Waals surface area contributed by atoms with E-state index in [0.717, 1.165) is 6.42 Å². The second-order valence-corrected chi connectivity index (χ2v) is 3.72. The van der Waals surface area contributed by atoms with Crippen molar-refractivity contribution < 1.29 is 4.79 Å². The normalized spacial score (nSPS) is 25.8. The van der Waals surface area contributed by atoms with Gasteiger partial charge in [0.05, 0.1) is 0 Å². The van der Waals surface area contributed by atoms with Crippen LogP contribution in [0.3, 0.4) is 0 Å². The number of carbonyl (C=O) groups is 1. The molecule has 74 valence electrons. The fourth-order valence-electron chi connectivity index (χ4n) is 1.22. The molecule has 0 saturated carbocycles. The summed E-state index contributed by atoms with van der Waals surface area (Å²) < 4.78 is 0. The van der Waals surface area contributed by atoms with Gasteiger partial charge in [0.25, 0.3) is 0 Å². The maximum atomic E-state index is 11.7. The molecule has 2 atom stereocenters. The van der Waals surface area contributed by atoms with Gasteiger partial charge < -0.3 is 0 Å². The SMILES string of the molecule is CCC(C)C1NNC(=S)N(C)C1=O. The van der Waals surface area contributed by atoms with E-state index in [1.165, 1.54) is 4.90 Å². The first-order valence-electron chi connectivity index (χ1n) is 4.41. The van der Waals surface area contributed by atoms with E-state index in [0.29, 0.717) is 11.0 Å². The Hall–Kier alpha value is -0.680. The molecule has 1 aliphatic rings. The lowest BCUT2D eigenvalue weighted by Gasteiger charge is -2.34. The van der Waals surface area contributed by atoms with E-state index in [9.17, 15) is 4.79 Å². The largest absolute Gasteiger partial charge is 0.297 e. The monoisotopic (exact) mass is 201 g/mol. The maximum Gasteiger partial charge on any atom is 0.247 e. The van der Waals surface area contributed by atoms with Crippen molar-refractivity contribution in [2.45, 2.75) is 26.3 Å². The first-order valence-corrected chi connectivity index (χ1v) is 4.81. The molecule has 1 aliphatic heterocycles. The molecule has 0 aliphatic carbocycles. The Morgan fingerprint density at radius 2 is 2.31 bits per heavy atom. The molecule has 0 aromatic carbocycles. The first-order chi connectivity index (χ1) is 6.07. The molecule has 0 aromatic rings. The van der Waals surface area contributed by atoms with E-state index < -0.39 is 0 Å². The molecule has 1 amide bonds. The molecule has 0 bridgehead atoms. The van der Waals surface area contributed by atoms with Gasteiger partial charge in [0, 0.05) is 7.05 Å². The van der Waals surface area contributed by atoms with Gasteiger partial charge in [-0.25, -0.2) is 5.43 Å². The fraction of sp³-hybridized carbons (Fsp3) is 0.750. The number of hydrogen-bond donors (Lipinski definition) is 2. The van der Waals surface area contributed by atoms with Crippen molar-refractivity contribution >= 4 is 23.2 Å². The molecule has 1 rings (SSSR count). The highest BCUT2D eigenvalue weighted by Crippen LogP contribution is 2.11. The zero-order valence-electron chi connectivity index (χ0n) is 8.13. The topological polar surface area (TPSA) is 44.4 Å². The Labute approximate surface area is 83.6 Å². The second kappa shape index (κ2) is 4.02. The maximum absolute atomic E-state index is 11.7. The molecule has 0 radical (unpaired) electrons. The molecule has 13 heavy (non-hydrogen) atoms. The van der Waals surface area contributed by atoms with Gasteiger partial charge in [-0.05, 0) is 18.1 Å². The lowest BCUT2D eigenvalue weighted by molar-refractivity contribution is -0.131. The van der Waals surface area contributed by atoms with E-state index in [1.54, 1.807) is 7.05 Å². The van der Waals surface area contributed by atoms with Gasteiger partial charge in [-0.1, -0.05) is 20.3 Å². The highest BCUT2D eigenvalue weighted by atomic mass is 32.1. The molecule has 2 unspecified atom stereocenters. The van der Waals surface area contributed by atoms with E-state index in [-0.39, 0.29) is 11.9 Å². The van der Waals surface area contributed by atoms with Crippen LogP contribution in [0.2, 0.25) is 0 Å². The summed E-state index contributed by atoms with van der Waals surface area (Å²) in [6.45, 7) is 4.10. The van der Waals surface area contributed by atoms with Crippen molar-refractivity contribution in [1.82, 2.24) is 15.8 Å². The zero-order chi connectivity index (χ0) is 10.0. The van der Waals surface area contributed by atoms with Gasteiger partial charge in [0.1, 0.15) is 6.04 Å². The van der Waals surface area contributed by atoms with Crippen molar-refractivity contribution in [3.63, 3.8) is 0 Å². The summed E-state index contributed by atoms with van der Waals surface area (Å²) in [5.41, 5.74) is 5.73. The van der Waals surface area contributed by atoms with Crippen molar-refractivity contribution in [2.75, 3.05) is 7.05 Å². The molecular formula is C8H15N3OS. The minimum Gasteiger partial charge on any atom is -0.297 e. The smallest absolute Gasteiger partial charge is 0.247 e. The lowest BCUT2D eigenvalue weighted by Crippen LogP contribution is -2.64. The second-order valence-electron chi connectivity index (χ2n) is 3.33. The Morgan fingerprint density at radius 1 is 1.69 bits per heavy atom. The zero-order valence-corrected chi connectivity index (χ0v) is 8.94. The third-order valence-electron chi connectivity index (χ3n) is 2.45. The van der Waals surface area contributed by atoms with Gasteiger partial charge in [-0.3, -0.25) is 15.1 Å². The van der Waals surface area contributed by atoms with Gasteiger partial charge in [0.2, 0.25) is 5.91 Å². The van der Waals surface area contributed by atoms with E-state index in [4.69, 9.17) is 12.2 Å². The Bertz CT molecular complexity index is 231. The van der Waals surface area contributed by atoms with Crippen LogP contribution in [0.1, 0.15) is 20.3 Å². The number of hydrogen-bond acceptors (Lipinski definition) is 3. The number of amides is 1. The van der Waals surface area contributed by atoms with Crippen molar-refractivity contribution in [3.05, 3.63) is 0 Å². The van der Waals surface area contributed by atoms with E-state index in [1.807, 2.05) is 6.92 Å². The first kappa shape index (κ1) is 10.4. The lowest BCUT2D eigenvalue weighted by atomic mass is 9.98. The number of rotatable bonds is 2.